The molecule has 0 saturated heterocycles. The summed E-state index contributed by atoms with van der Waals surface area (Å²) < 4.78 is 10.6. The van der Waals surface area contributed by atoms with Gasteiger partial charge in [-0.1, -0.05) is 0 Å². The van der Waals surface area contributed by atoms with Crippen LogP contribution >= 0.6 is 0 Å². The molecule has 0 bridgehead atoms. The molecular weight excluding hydrogens is 232 g/mol. The van der Waals surface area contributed by atoms with Crippen LogP contribution in [-0.4, -0.2) is 49.3 Å². The lowest BCUT2D eigenvalue weighted by Crippen LogP contribution is -2.55. The number of nitrogens with zero attached hydrogens (tertiary/aromatic N) is 2. The van der Waals surface area contributed by atoms with E-state index in [-0.39, 0.29) is 5.91 Å². The summed E-state index contributed by atoms with van der Waals surface area (Å²) in [5.41, 5.74) is -0.603. The van der Waals surface area contributed by atoms with Gasteiger partial charge in [0, 0.05) is 13.7 Å². The lowest BCUT2D eigenvalue weighted by molar-refractivity contribution is -0.148. The molecule has 0 radical (unpaired) electrons. The van der Waals surface area contributed by atoms with E-state index in [0.29, 0.717) is 19.8 Å². The minimum absolute atomic E-state index is 0.132. The number of hydrogen-bond donors (Lipinski definition) is 0. The van der Waals surface area contributed by atoms with Gasteiger partial charge >= 0.3 is 0 Å². The van der Waals surface area contributed by atoms with Gasteiger partial charge in [-0.05, 0) is 33.1 Å². The molecule has 1 fully saturated rings. The summed E-state index contributed by atoms with van der Waals surface area (Å²) >= 11 is 0. The van der Waals surface area contributed by atoms with Gasteiger partial charge in [-0.3, -0.25) is 4.79 Å². The van der Waals surface area contributed by atoms with E-state index in [2.05, 4.69) is 6.07 Å². The molecule has 18 heavy (non-hydrogen) atoms. The number of likely N-dealkylation sites (N-methyl/N-ethyl adjacent to an activating group) is 1. The summed E-state index contributed by atoms with van der Waals surface area (Å²) in [5.74, 6) is -0.132. The summed E-state index contributed by atoms with van der Waals surface area (Å²) in [6.45, 7) is 5.16. The summed E-state index contributed by atoms with van der Waals surface area (Å²) in [7, 11) is 1.69. The van der Waals surface area contributed by atoms with Crippen molar-refractivity contribution in [3.05, 3.63) is 0 Å². The van der Waals surface area contributed by atoms with Crippen molar-refractivity contribution in [2.24, 2.45) is 0 Å². The molecule has 5 heteroatoms. The van der Waals surface area contributed by atoms with Gasteiger partial charge in [-0.2, -0.15) is 5.26 Å². The van der Waals surface area contributed by atoms with Crippen LogP contribution < -0.4 is 0 Å². The highest BCUT2D eigenvalue weighted by Crippen LogP contribution is 2.36. The largest absolute Gasteiger partial charge is 0.379 e. The molecule has 5 nitrogen and oxygen atoms in total. The van der Waals surface area contributed by atoms with Gasteiger partial charge in [-0.25, -0.2) is 0 Å². The maximum atomic E-state index is 12.1. The van der Waals surface area contributed by atoms with E-state index in [1.807, 2.05) is 6.92 Å². The second kappa shape index (κ2) is 6.72. The number of carbonyl (C=O) groups excluding carboxylic acids is 1. The monoisotopic (exact) mass is 254 g/mol. The Kier molecular flexibility index (Phi) is 5.57. The second-order valence-corrected chi connectivity index (χ2v) is 4.60. The maximum absolute atomic E-state index is 12.1. The van der Waals surface area contributed by atoms with E-state index in [1.54, 1.807) is 18.9 Å². The van der Waals surface area contributed by atoms with Crippen LogP contribution in [0.25, 0.3) is 0 Å². The van der Waals surface area contributed by atoms with Gasteiger partial charge in [0.05, 0.1) is 19.3 Å². The highest BCUT2D eigenvalue weighted by Gasteiger charge is 2.44. The zero-order valence-corrected chi connectivity index (χ0v) is 11.4. The first-order chi connectivity index (χ1) is 8.57. The topological polar surface area (TPSA) is 62.6 Å². The molecule has 1 amide bonds. The number of nitriles is 1. The van der Waals surface area contributed by atoms with Crippen LogP contribution in [0.15, 0.2) is 0 Å². The lowest BCUT2D eigenvalue weighted by Gasteiger charge is -2.43. The molecule has 1 saturated carbocycles. The van der Waals surface area contributed by atoms with Crippen molar-refractivity contribution in [3.63, 3.8) is 0 Å². The summed E-state index contributed by atoms with van der Waals surface area (Å²) in [6, 6.07) is 2.25. The van der Waals surface area contributed by atoms with Crippen molar-refractivity contribution in [3.8, 4) is 6.07 Å². The zero-order valence-electron chi connectivity index (χ0n) is 11.4. The average Bonchev–Trinajstić information content (AvgIpc) is 2.32. The van der Waals surface area contributed by atoms with Gasteiger partial charge in [0.15, 0.2) is 0 Å². The SMILES string of the molecule is CCOCCOC(C)C(=O)N(C)C1(C#N)CCC1. The minimum atomic E-state index is -0.603. The summed E-state index contributed by atoms with van der Waals surface area (Å²) in [4.78, 5) is 13.7. The molecule has 0 heterocycles. The van der Waals surface area contributed by atoms with Crippen molar-refractivity contribution in [1.82, 2.24) is 4.90 Å². The Labute approximate surface area is 109 Å². The van der Waals surface area contributed by atoms with Crippen molar-refractivity contribution in [2.75, 3.05) is 26.9 Å². The Bertz CT molecular complexity index is 321. The molecule has 102 valence electrons. The fourth-order valence-electron chi connectivity index (χ4n) is 2.02. The van der Waals surface area contributed by atoms with Crippen LogP contribution in [0.2, 0.25) is 0 Å². The molecule has 1 aliphatic carbocycles. The van der Waals surface area contributed by atoms with Gasteiger partial charge < -0.3 is 14.4 Å². The zero-order chi connectivity index (χ0) is 13.6. The first-order valence-corrected chi connectivity index (χ1v) is 6.45. The third kappa shape index (κ3) is 3.21. The van der Waals surface area contributed by atoms with Gasteiger partial charge in [0.25, 0.3) is 5.91 Å². The second-order valence-electron chi connectivity index (χ2n) is 4.60. The Morgan fingerprint density at radius 2 is 2.17 bits per heavy atom. The van der Waals surface area contributed by atoms with Crippen molar-refractivity contribution in [1.29, 1.82) is 5.26 Å². The molecule has 0 spiro atoms. The van der Waals surface area contributed by atoms with Crippen LogP contribution in [0.3, 0.4) is 0 Å². The first kappa shape index (κ1) is 14.9. The quantitative estimate of drug-likeness (QED) is 0.643. The van der Waals surface area contributed by atoms with Crippen LogP contribution in [0, 0.1) is 11.3 Å². The molecule has 1 atom stereocenters. The number of amides is 1. The third-order valence-corrected chi connectivity index (χ3v) is 3.51. The molecule has 1 unspecified atom stereocenters. The molecule has 0 aromatic carbocycles. The smallest absolute Gasteiger partial charge is 0.252 e. The van der Waals surface area contributed by atoms with Crippen LogP contribution in [-0.2, 0) is 14.3 Å². The van der Waals surface area contributed by atoms with Gasteiger partial charge in [0.2, 0.25) is 0 Å². The van der Waals surface area contributed by atoms with E-state index >= 15 is 0 Å². The van der Waals surface area contributed by atoms with Crippen molar-refractivity contribution < 1.29 is 14.3 Å². The normalized spacial score (nSPS) is 18.6. The van der Waals surface area contributed by atoms with E-state index in [1.165, 1.54) is 0 Å². The highest BCUT2D eigenvalue weighted by atomic mass is 16.5. The highest BCUT2D eigenvalue weighted by molar-refractivity contribution is 5.81. The Morgan fingerprint density at radius 1 is 1.50 bits per heavy atom. The lowest BCUT2D eigenvalue weighted by atomic mass is 9.76. The third-order valence-electron chi connectivity index (χ3n) is 3.51. The number of ether oxygens (including phenoxy) is 2. The predicted molar refractivity (Wildman–Crippen MR) is 66.9 cm³/mol. The standard InChI is InChI=1S/C13H22N2O3/c1-4-17-8-9-18-11(2)12(16)15(3)13(10-14)6-5-7-13/h11H,4-9H2,1-3H3. The molecular formula is C13H22N2O3. The van der Waals surface area contributed by atoms with E-state index in [9.17, 15) is 10.1 Å². The summed E-state index contributed by atoms with van der Waals surface area (Å²) in [5, 5.41) is 9.18. The number of rotatable bonds is 7. The van der Waals surface area contributed by atoms with E-state index in [0.717, 1.165) is 19.3 Å². The van der Waals surface area contributed by atoms with E-state index in [4.69, 9.17) is 9.47 Å². The average molecular weight is 254 g/mol. The number of carbonyl (C=O) groups is 1. The van der Waals surface area contributed by atoms with Crippen LogP contribution in [0.1, 0.15) is 33.1 Å². The summed E-state index contributed by atoms with van der Waals surface area (Å²) in [6.07, 6.45) is 2.00. The van der Waals surface area contributed by atoms with E-state index < -0.39 is 11.6 Å². The Balaban J connectivity index is 2.41. The fraction of sp³-hybridized carbons (Fsp3) is 0.846. The number of hydrogen-bond acceptors (Lipinski definition) is 4. The molecule has 0 aliphatic heterocycles. The Hall–Kier alpha value is -1.12. The van der Waals surface area contributed by atoms with Crippen LogP contribution in [0.4, 0.5) is 0 Å². The van der Waals surface area contributed by atoms with Gasteiger partial charge in [-0.15, -0.1) is 0 Å². The maximum Gasteiger partial charge on any atom is 0.252 e. The molecule has 0 N–H and O–H groups in total. The molecule has 1 aliphatic rings. The predicted octanol–water partition coefficient (Wildman–Crippen LogP) is 1.33. The first-order valence-electron chi connectivity index (χ1n) is 6.45. The minimum Gasteiger partial charge on any atom is -0.379 e. The van der Waals surface area contributed by atoms with Crippen molar-refractivity contribution >= 4 is 5.91 Å². The van der Waals surface area contributed by atoms with Crippen molar-refractivity contribution in [2.45, 2.75) is 44.8 Å². The molecule has 0 aromatic heterocycles. The fourth-order valence-corrected chi connectivity index (χ4v) is 2.02. The molecule has 1 rings (SSSR count). The Morgan fingerprint density at radius 3 is 2.61 bits per heavy atom. The van der Waals surface area contributed by atoms with Crippen LogP contribution in [0.5, 0.6) is 0 Å². The molecule has 0 aromatic rings. The van der Waals surface area contributed by atoms with Gasteiger partial charge in [0.1, 0.15) is 11.6 Å².